The number of hydrogen-bond acceptors (Lipinski definition) is 4. The number of rotatable bonds is 3. The minimum absolute atomic E-state index is 0.0638. The zero-order valence-corrected chi connectivity index (χ0v) is 10.5. The number of nitrogens with one attached hydrogen (secondary N) is 1. The number of fused-ring (bicyclic) bond motifs is 1. The molecule has 0 aliphatic rings. The molecule has 2 rings (SSSR count). The Morgan fingerprint density at radius 1 is 1.39 bits per heavy atom. The van der Waals surface area contributed by atoms with Crippen LogP contribution in [0.25, 0.3) is 10.9 Å². The summed E-state index contributed by atoms with van der Waals surface area (Å²) in [6.07, 6.45) is 0.573. The third kappa shape index (κ3) is 1.73. The molecule has 0 saturated heterocycles. The number of benzene rings is 1. The van der Waals surface area contributed by atoms with Crippen LogP contribution in [0.2, 0.25) is 5.02 Å². The zero-order valence-electron chi connectivity index (χ0n) is 9.74. The highest BCUT2D eigenvalue weighted by molar-refractivity contribution is 6.36. The number of esters is 1. The lowest BCUT2D eigenvalue weighted by Gasteiger charge is -2.03. The van der Waals surface area contributed by atoms with Crippen molar-refractivity contribution < 1.29 is 19.1 Å². The fourth-order valence-electron chi connectivity index (χ4n) is 1.82. The van der Waals surface area contributed by atoms with Crippen molar-refractivity contribution in [2.75, 3.05) is 14.2 Å². The second-order valence-electron chi connectivity index (χ2n) is 3.52. The molecule has 0 spiro atoms. The molecule has 94 valence electrons. The number of aromatic amines is 1. The Bertz CT molecular complexity index is 633. The molecule has 0 fully saturated rings. The summed E-state index contributed by atoms with van der Waals surface area (Å²) in [5, 5.41) is 0.865. The van der Waals surface area contributed by atoms with Crippen LogP contribution in [-0.2, 0) is 4.74 Å². The van der Waals surface area contributed by atoms with E-state index in [1.165, 1.54) is 14.2 Å². The fourth-order valence-corrected chi connectivity index (χ4v) is 2.02. The van der Waals surface area contributed by atoms with E-state index in [4.69, 9.17) is 16.3 Å². The molecular formula is C12H10ClNO4. The normalized spacial score (nSPS) is 10.4. The molecule has 0 atom stereocenters. The monoisotopic (exact) mass is 267 g/mol. The number of carbonyl (C=O) groups is 2. The van der Waals surface area contributed by atoms with E-state index < -0.39 is 5.97 Å². The van der Waals surface area contributed by atoms with Crippen LogP contribution in [0.1, 0.15) is 20.8 Å². The number of aromatic nitrogens is 1. The lowest BCUT2D eigenvalue weighted by Crippen LogP contribution is -2.04. The largest absolute Gasteiger partial charge is 0.496 e. The number of ether oxygens (including phenoxy) is 2. The predicted molar refractivity (Wildman–Crippen MR) is 66.6 cm³/mol. The molecule has 0 radical (unpaired) electrons. The van der Waals surface area contributed by atoms with Crippen molar-refractivity contribution in [3.05, 3.63) is 28.4 Å². The minimum atomic E-state index is -0.633. The van der Waals surface area contributed by atoms with Gasteiger partial charge in [-0.1, -0.05) is 11.6 Å². The van der Waals surface area contributed by atoms with Gasteiger partial charge in [0.2, 0.25) is 0 Å². The molecule has 18 heavy (non-hydrogen) atoms. The quantitative estimate of drug-likeness (QED) is 0.685. The van der Waals surface area contributed by atoms with E-state index in [-0.39, 0.29) is 11.3 Å². The van der Waals surface area contributed by atoms with Crippen molar-refractivity contribution in [1.82, 2.24) is 4.98 Å². The van der Waals surface area contributed by atoms with Gasteiger partial charge in [-0.2, -0.15) is 0 Å². The van der Waals surface area contributed by atoms with Crippen LogP contribution in [0.5, 0.6) is 5.75 Å². The zero-order chi connectivity index (χ0) is 13.3. The molecule has 0 aliphatic heterocycles. The molecule has 1 heterocycles. The third-order valence-electron chi connectivity index (χ3n) is 2.63. The number of halogens is 1. The first kappa shape index (κ1) is 12.4. The Hall–Kier alpha value is -2.01. The van der Waals surface area contributed by atoms with Gasteiger partial charge in [0, 0.05) is 0 Å². The van der Waals surface area contributed by atoms with E-state index in [1.807, 2.05) is 0 Å². The van der Waals surface area contributed by atoms with Gasteiger partial charge in [0.25, 0.3) is 0 Å². The summed E-state index contributed by atoms with van der Waals surface area (Å²) in [4.78, 5) is 25.5. The molecular weight excluding hydrogens is 258 g/mol. The molecule has 0 saturated carbocycles. The van der Waals surface area contributed by atoms with Crippen LogP contribution in [-0.4, -0.2) is 31.5 Å². The standard InChI is InChI=1S/C12H10ClNO4/c1-17-8-4-3-7(13)11-9(8)6(5-15)10(14-11)12(16)18-2/h3-5,14H,1-2H3. The molecule has 0 bridgehead atoms. The van der Waals surface area contributed by atoms with E-state index in [0.717, 1.165) is 0 Å². The summed E-state index contributed by atoms with van der Waals surface area (Å²) >= 11 is 6.02. The van der Waals surface area contributed by atoms with E-state index in [2.05, 4.69) is 9.72 Å². The Balaban J connectivity index is 2.88. The molecule has 2 aromatic rings. The lowest BCUT2D eigenvalue weighted by molar-refractivity contribution is 0.0593. The number of carbonyl (C=O) groups excluding carboxylic acids is 2. The van der Waals surface area contributed by atoms with Gasteiger partial charge in [0.1, 0.15) is 11.4 Å². The second kappa shape index (κ2) is 4.70. The maximum Gasteiger partial charge on any atom is 0.355 e. The summed E-state index contributed by atoms with van der Waals surface area (Å²) in [5.41, 5.74) is 0.712. The van der Waals surface area contributed by atoms with Gasteiger partial charge in [0.15, 0.2) is 6.29 Å². The van der Waals surface area contributed by atoms with Gasteiger partial charge in [-0.15, -0.1) is 0 Å². The molecule has 6 heteroatoms. The fraction of sp³-hybridized carbons (Fsp3) is 0.167. The number of aldehydes is 1. The van der Waals surface area contributed by atoms with Gasteiger partial charge >= 0.3 is 5.97 Å². The Kier molecular flexibility index (Phi) is 3.25. The molecule has 1 N–H and O–H groups in total. The van der Waals surface area contributed by atoms with Crippen molar-refractivity contribution in [3.8, 4) is 5.75 Å². The van der Waals surface area contributed by atoms with Gasteiger partial charge in [-0.05, 0) is 12.1 Å². The van der Waals surface area contributed by atoms with Crippen molar-refractivity contribution in [1.29, 1.82) is 0 Å². The van der Waals surface area contributed by atoms with Gasteiger partial charge in [-0.3, -0.25) is 4.79 Å². The summed E-state index contributed by atoms with van der Waals surface area (Å²) < 4.78 is 9.77. The highest BCUT2D eigenvalue weighted by Gasteiger charge is 2.21. The average molecular weight is 268 g/mol. The second-order valence-corrected chi connectivity index (χ2v) is 3.93. The van der Waals surface area contributed by atoms with Crippen LogP contribution < -0.4 is 4.74 Å². The topological polar surface area (TPSA) is 68.4 Å². The van der Waals surface area contributed by atoms with Crippen LogP contribution in [0.3, 0.4) is 0 Å². The Morgan fingerprint density at radius 2 is 2.11 bits per heavy atom. The summed E-state index contributed by atoms with van der Waals surface area (Å²) in [7, 11) is 2.71. The van der Waals surface area contributed by atoms with Crippen LogP contribution in [0.15, 0.2) is 12.1 Å². The first-order chi connectivity index (χ1) is 8.63. The van der Waals surface area contributed by atoms with E-state index in [0.29, 0.717) is 28.0 Å². The number of H-pyrrole nitrogens is 1. The number of hydrogen-bond donors (Lipinski definition) is 1. The first-order valence-corrected chi connectivity index (χ1v) is 5.43. The molecule has 5 nitrogen and oxygen atoms in total. The van der Waals surface area contributed by atoms with E-state index in [9.17, 15) is 9.59 Å². The average Bonchev–Trinajstić information content (AvgIpc) is 2.78. The molecule has 1 aromatic heterocycles. The molecule has 1 aromatic carbocycles. The highest BCUT2D eigenvalue weighted by Crippen LogP contribution is 2.34. The predicted octanol–water partition coefficient (Wildman–Crippen LogP) is 2.43. The van der Waals surface area contributed by atoms with E-state index >= 15 is 0 Å². The van der Waals surface area contributed by atoms with Crippen LogP contribution >= 0.6 is 11.6 Å². The van der Waals surface area contributed by atoms with Crippen molar-refractivity contribution in [2.24, 2.45) is 0 Å². The van der Waals surface area contributed by atoms with E-state index in [1.54, 1.807) is 12.1 Å². The van der Waals surface area contributed by atoms with Crippen molar-refractivity contribution in [2.45, 2.75) is 0 Å². The van der Waals surface area contributed by atoms with Gasteiger partial charge < -0.3 is 14.5 Å². The molecule has 0 amide bonds. The lowest BCUT2D eigenvalue weighted by atomic mass is 10.1. The first-order valence-electron chi connectivity index (χ1n) is 5.05. The molecule has 0 unspecified atom stereocenters. The maximum absolute atomic E-state index is 11.6. The van der Waals surface area contributed by atoms with Crippen LogP contribution in [0.4, 0.5) is 0 Å². The van der Waals surface area contributed by atoms with Gasteiger partial charge in [-0.25, -0.2) is 4.79 Å². The van der Waals surface area contributed by atoms with Crippen LogP contribution in [0, 0.1) is 0 Å². The minimum Gasteiger partial charge on any atom is -0.496 e. The summed E-state index contributed by atoms with van der Waals surface area (Å²) in [5.74, 6) is -0.172. The van der Waals surface area contributed by atoms with Crippen molar-refractivity contribution in [3.63, 3.8) is 0 Å². The van der Waals surface area contributed by atoms with Gasteiger partial charge in [0.05, 0.1) is 35.7 Å². The summed E-state index contributed by atoms with van der Waals surface area (Å²) in [6.45, 7) is 0. The summed E-state index contributed by atoms with van der Waals surface area (Å²) in [6, 6.07) is 3.25. The Labute approximate surface area is 108 Å². The number of methoxy groups -OCH3 is 2. The SMILES string of the molecule is COC(=O)c1[nH]c2c(Cl)ccc(OC)c2c1C=O. The molecule has 0 aliphatic carbocycles. The Morgan fingerprint density at radius 3 is 2.67 bits per heavy atom. The smallest absolute Gasteiger partial charge is 0.355 e. The third-order valence-corrected chi connectivity index (χ3v) is 2.95. The highest BCUT2D eigenvalue weighted by atomic mass is 35.5. The maximum atomic E-state index is 11.6. The van der Waals surface area contributed by atoms with Crippen molar-refractivity contribution >= 4 is 34.8 Å².